The molecule has 1 aliphatic rings. The third kappa shape index (κ3) is 4.03. The highest BCUT2D eigenvalue weighted by Crippen LogP contribution is 2.32. The number of aliphatic hydroxyl groups is 1. The lowest BCUT2D eigenvalue weighted by Crippen LogP contribution is -2.47. The smallest absolute Gasteiger partial charge is 0.292 e. The van der Waals surface area contributed by atoms with Gasteiger partial charge in [0.2, 0.25) is 10.0 Å². The first kappa shape index (κ1) is 18.6. The third-order valence-corrected chi connectivity index (χ3v) is 5.78. The van der Waals surface area contributed by atoms with Gasteiger partial charge in [0.05, 0.1) is 17.8 Å². The molecule has 8 nitrogen and oxygen atoms in total. The lowest BCUT2D eigenvalue weighted by Gasteiger charge is -2.37. The molecule has 0 radical (unpaired) electrons. The number of nitro groups is 1. The molecule has 0 atom stereocenters. The van der Waals surface area contributed by atoms with E-state index in [9.17, 15) is 23.6 Å². The maximum Gasteiger partial charge on any atom is 0.292 e. The molecule has 1 aromatic rings. The molecule has 1 heterocycles. The van der Waals surface area contributed by atoms with E-state index in [-0.39, 0.29) is 18.3 Å². The average molecular weight is 357 g/mol. The number of piperidine rings is 1. The van der Waals surface area contributed by atoms with Gasteiger partial charge in [-0.05, 0) is 30.5 Å². The number of benzene rings is 1. The summed E-state index contributed by atoms with van der Waals surface area (Å²) in [6.07, 6.45) is 2.43. The van der Waals surface area contributed by atoms with Gasteiger partial charge >= 0.3 is 0 Å². The van der Waals surface area contributed by atoms with Crippen molar-refractivity contribution in [3.8, 4) is 0 Å². The van der Waals surface area contributed by atoms with E-state index in [0.717, 1.165) is 0 Å². The van der Waals surface area contributed by atoms with Crippen LogP contribution in [0.15, 0.2) is 18.2 Å². The van der Waals surface area contributed by atoms with Crippen LogP contribution in [0.3, 0.4) is 0 Å². The molecule has 1 aromatic carbocycles. The van der Waals surface area contributed by atoms with Crippen molar-refractivity contribution in [1.29, 1.82) is 0 Å². The second kappa shape index (κ2) is 7.45. The number of hydrogen-bond acceptors (Lipinski definition) is 6. The number of anilines is 1. The molecule has 0 bridgehead atoms. The van der Waals surface area contributed by atoms with Crippen LogP contribution in [0.4, 0.5) is 11.4 Å². The first-order valence-electron chi connectivity index (χ1n) is 7.87. The Bertz CT molecular complexity index is 699. The van der Waals surface area contributed by atoms with Crippen LogP contribution in [-0.4, -0.2) is 54.7 Å². The molecule has 0 unspecified atom stereocenters. The van der Waals surface area contributed by atoms with E-state index < -0.39 is 14.9 Å². The summed E-state index contributed by atoms with van der Waals surface area (Å²) >= 11 is 0. The molecule has 134 valence electrons. The number of aliphatic hydroxyl groups excluding tert-OH is 1. The molecule has 0 spiro atoms. The van der Waals surface area contributed by atoms with Crippen LogP contribution in [0.2, 0.25) is 0 Å². The highest BCUT2D eigenvalue weighted by Gasteiger charge is 2.31. The SMILES string of the molecule is CCN(C1CCN(c2cc(CO)ccc2[N+](=O)[O-])CC1)S(C)(=O)=O. The molecular formula is C15H23N3O5S. The first-order valence-corrected chi connectivity index (χ1v) is 9.72. The average Bonchev–Trinajstić information content (AvgIpc) is 2.54. The minimum absolute atomic E-state index is 0.00103. The van der Waals surface area contributed by atoms with Crippen molar-refractivity contribution in [2.75, 3.05) is 30.8 Å². The Hall–Kier alpha value is -1.71. The van der Waals surface area contributed by atoms with Gasteiger partial charge in [0.25, 0.3) is 5.69 Å². The fourth-order valence-corrected chi connectivity index (χ4v) is 4.45. The van der Waals surface area contributed by atoms with Crippen molar-refractivity contribution in [2.24, 2.45) is 0 Å². The molecule has 9 heteroatoms. The van der Waals surface area contributed by atoms with Crippen molar-refractivity contribution in [3.05, 3.63) is 33.9 Å². The van der Waals surface area contributed by atoms with Crippen LogP contribution >= 0.6 is 0 Å². The fourth-order valence-electron chi connectivity index (χ4n) is 3.23. The molecule has 1 fully saturated rings. The second-order valence-electron chi connectivity index (χ2n) is 5.92. The maximum atomic E-state index is 11.8. The summed E-state index contributed by atoms with van der Waals surface area (Å²) in [7, 11) is -3.26. The summed E-state index contributed by atoms with van der Waals surface area (Å²) in [6.45, 7) is 3.12. The largest absolute Gasteiger partial charge is 0.392 e. The minimum atomic E-state index is -3.26. The predicted octanol–water partition coefficient (Wildman–Crippen LogP) is 1.34. The number of rotatable bonds is 6. The van der Waals surface area contributed by atoms with Crippen LogP contribution < -0.4 is 4.90 Å². The monoisotopic (exact) mass is 357 g/mol. The van der Waals surface area contributed by atoms with Gasteiger partial charge in [0.1, 0.15) is 5.69 Å². The maximum absolute atomic E-state index is 11.8. The van der Waals surface area contributed by atoms with Gasteiger partial charge in [-0.15, -0.1) is 0 Å². The van der Waals surface area contributed by atoms with Gasteiger partial charge < -0.3 is 10.0 Å². The summed E-state index contributed by atoms with van der Waals surface area (Å²) in [5.41, 5.74) is 1.09. The number of nitrogens with zero attached hydrogens (tertiary/aromatic N) is 3. The van der Waals surface area contributed by atoms with Crippen molar-refractivity contribution in [2.45, 2.75) is 32.4 Å². The van der Waals surface area contributed by atoms with E-state index in [1.807, 2.05) is 11.8 Å². The lowest BCUT2D eigenvalue weighted by atomic mass is 10.0. The minimum Gasteiger partial charge on any atom is -0.392 e. The highest BCUT2D eigenvalue weighted by molar-refractivity contribution is 7.88. The van der Waals surface area contributed by atoms with Crippen molar-refractivity contribution in [1.82, 2.24) is 4.31 Å². The van der Waals surface area contributed by atoms with E-state index in [1.165, 1.54) is 22.7 Å². The van der Waals surface area contributed by atoms with Crippen LogP contribution in [0, 0.1) is 10.1 Å². The quantitative estimate of drug-likeness (QED) is 0.608. The van der Waals surface area contributed by atoms with Gasteiger partial charge in [-0.2, -0.15) is 4.31 Å². The molecule has 0 amide bonds. The molecule has 0 aromatic heterocycles. The van der Waals surface area contributed by atoms with Crippen LogP contribution in [-0.2, 0) is 16.6 Å². The van der Waals surface area contributed by atoms with Gasteiger partial charge in [-0.1, -0.05) is 6.92 Å². The lowest BCUT2D eigenvalue weighted by molar-refractivity contribution is -0.384. The van der Waals surface area contributed by atoms with E-state index in [1.54, 1.807) is 6.07 Å². The Kier molecular flexibility index (Phi) is 5.79. The van der Waals surface area contributed by atoms with Crippen LogP contribution in [0.25, 0.3) is 0 Å². The molecule has 0 saturated carbocycles. The van der Waals surface area contributed by atoms with E-state index in [4.69, 9.17) is 0 Å². The van der Waals surface area contributed by atoms with Crippen LogP contribution in [0.1, 0.15) is 25.3 Å². The second-order valence-corrected chi connectivity index (χ2v) is 7.86. The Balaban J connectivity index is 2.19. The zero-order valence-electron chi connectivity index (χ0n) is 13.9. The topological polar surface area (TPSA) is 104 Å². The van der Waals surface area contributed by atoms with Crippen LogP contribution in [0.5, 0.6) is 0 Å². The highest BCUT2D eigenvalue weighted by atomic mass is 32.2. The van der Waals surface area contributed by atoms with E-state index in [2.05, 4.69) is 0 Å². The Morgan fingerprint density at radius 3 is 2.46 bits per heavy atom. The molecule has 2 rings (SSSR count). The zero-order valence-corrected chi connectivity index (χ0v) is 14.7. The summed E-state index contributed by atoms with van der Waals surface area (Å²) in [5, 5.41) is 20.5. The molecule has 24 heavy (non-hydrogen) atoms. The zero-order chi connectivity index (χ0) is 17.9. The molecule has 1 N–H and O–H groups in total. The van der Waals surface area contributed by atoms with Crippen molar-refractivity contribution in [3.63, 3.8) is 0 Å². The number of sulfonamides is 1. The summed E-state index contributed by atoms with van der Waals surface area (Å²) in [5.74, 6) is 0. The Morgan fingerprint density at radius 2 is 2.00 bits per heavy atom. The van der Waals surface area contributed by atoms with E-state index >= 15 is 0 Å². The number of hydrogen-bond donors (Lipinski definition) is 1. The molecule has 1 saturated heterocycles. The first-order chi connectivity index (χ1) is 11.3. The summed E-state index contributed by atoms with van der Waals surface area (Å²) in [6, 6.07) is 4.49. The van der Waals surface area contributed by atoms with Crippen molar-refractivity contribution < 1.29 is 18.4 Å². The van der Waals surface area contributed by atoms with Gasteiger partial charge in [-0.3, -0.25) is 10.1 Å². The van der Waals surface area contributed by atoms with E-state index in [0.29, 0.717) is 43.7 Å². The van der Waals surface area contributed by atoms with Gasteiger partial charge in [-0.25, -0.2) is 8.42 Å². The number of nitro benzene ring substituents is 1. The molecule has 0 aliphatic carbocycles. The standard InChI is InChI=1S/C15H23N3O5S/c1-3-17(24(2,22)23)13-6-8-16(9-7-13)15-10-12(11-19)4-5-14(15)18(20)21/h4-5,10,13,19H,3,6-9,11H2,1-2H3. The molecule has 1 aliphatic heterocycles. The fraction of sp³-hybridized carbons (Fsp3) is 0.600. The normalized spacial score (nSPS) is 16.6. The predicted molar refractivity (Wildman–Crippen MR) is 91.5 cm³/mol. The third-order valence-electron chi connectivity index (χ3n) is 4.37. The Labute approximate surface area is 141 Å². The Morgan fingerprint density at radius 1 is 1.38 bits per heavy atom. The van der Waals surface area contributed by atoms with Gasteiger partial charge in [0, 0.05) is 31.7 Å². The van der Waals surface area contributed by atoms with Gasteiger partial charge in [0.15, 0.2) is 0 Å². The summed E-state index contributed by atoms with van der Waals surface area (Å²) < 4.78 is 25.2. The summed E-state index contributed by atoms with van der Waals surface area (Å²) in [4.78, 5) is 12.7. The van der Waals surface area contributed by atoms with Crippen molar-refractivity contribution >= 4 is 21.4 Å². The molecular weight excluding hydrogens is 334 g/mol.